The number of aromatic hydroxyl groups is 2. The lowest BCUT2D eigenvalue weighted by Crippen LogP contribution is -2.58. The van der Waals surface area contributed by atoms with E-state index in [0.29, 0.717) is 0 Å². The van der Waals surface area contributed by atoms with Gasteiger partial charge in [-0.1, -0.05) is 12.1 Å². The molecule has 7 unspecified atom stereocenters. The third-order valence-corrected chi connectivity index (χ3v) is 8.15. The van der Waals surface area contributed by atoms with Crippen LogP contribution in [0.2, 0.25) is 0 Å². The molecule has 6 N–H and O–H groups in total. The molecule has 0 amide bonds. The van der Waals surface area contributed by atoms with Gasteiger partial charge in [0.15, 0.2) is 23.5 Å². The summed E-state index contributed by atoms with van der Waals surface area (Å²) >= 11 is 0. The summed E-state index contributed by atoms with van der Waals surface area (Å²) in [6, 6.07) is 3.66. The zero-order chi connectivity index (χ0) is 29.3. The van der Waals surface area contributed by atoms with Crippen LogP contribution in [-0.4, -0.2) is 88.2 Å². The van der Waals surface area contributed by atoms with Gasteiger partial charge in [-0.2, -0.15) is 0 Å². The predicted molar refractivity (Wildman–Crippen MR) is 137 cm³/mol. The fourth-order valence-electron chi connectivity index (χ4n) is 6.00. The minimum atomic E-state index is -2.25. The van der Waals surface area contributed by atoms with Crippen molar-refractivity contribution in [3.05, 3.63) is 51.6 Å². The van der Waals surface area contributed by atoms with E-state index in [9.17, 15) is 34.8 Å². The van der Waals surface area contributed by atoms with Crippen molar-refractivity contribution < 1.29 is 53.8 Å². The Hall–Kier alpha value is -3.39. The monoisotopic (exact) mass is 557 g/mol. The second kappa shape index (κ2) is 9.91. The van der Waals surface area contributed by atoms with Crippen molar-refractivity contribution in [1.82, 2.24) is 0 Å². The number of nitrogens with two attached hydrogens (primary N) is 1. The van der Waals surface area contributed by atoms with Crippen molar-refractivity contribution >= 4 is 17.3 Å². The Morgan fingerprint density at radius 3 is 2.38 bits per heavy atom. The van der Waals surface area contributed by atoms with E-state index in [1.807, 2.05) is 0 Å². The Labute approximate surface area is 229 Å². The maximum absolute atomic E-state index is 13.7. The number of aliphatic hydroxyl groups is 2. The van der Waals surface area contributed by atoms with Crippen LogP contribution in [0.1, 0.15) is 69.3 Å². The third-order valence-electron chi connectivity index (χ3n) is 8.15. The van der Waals surface area contributed by atoms with Crippen LogP contribution in [0.3, 0.4) is 0 Å². The smallest absolute Gasteiger partial charge is 0.202 e. The molecule has 1 fully saturated rings. The Kier molecular flexibility index (Phi) is 6.97. The van der Waals surface area contributed by atoms with E-state index >= 15 is 0 Å². The molecule has 1 saturated heterocycles. The normalized spacial score (nSPS) is 31.3. The van der Waals surface area contributed by atoms with Crippen molar-refractivity contribution in [3.8, 4) is 17.2 Å². The van der Waals surface area contributed by atoms with Gasteiger partial charge in [0.05, 0.1) is 36.0 Å². The molecule has 0 spiro atoms. The van der Waals surface area contributed by atoms with Gasteiger partial charge < -0.3 is 45.1 Å². The number of Topliss-reactive ketones (excluding diaryl/α,β-unsaturated/α-hetero) is 1. The number of fused-ring (bicyclic) bond motifs is 3. The Morgan fingerprint density at radius 1 is 1.10 bits per heavy atom. The third kappa shape index (κ3) is 3.94. The highest BCUT2D eigenvalue weighted by Crippen LogP contribution is 2.53. The zero-order valence-corrected chi connectivity index (χ0v) is 22.3. The summed E-state index contributed by atoms with van der Waals surface area (Å²) in [5.41, 5.74) is 2.43. The number of phenolic OH excluding ortho intramolecular Hbond substituents is 2. The van der Waals surface area contributed by atoms with Gasteiger partial charge in [-0.05, 0) is 19.9 Å². The lowest BCUT2D eigenvalue weighted by atomic mass is 9.70. The fraction of sp³-hybridized carbons (Fsp3) is 0.464. The summed E-state index contributed by atoms with van der Waals surface area (Å²) in [5.74, 6) is -3.50. The quantitative estimate of drug-likeness (QED) is 0.275. The number of phenols is 2. The minimum absolute atomic E-state index is 0.00590. The maximum Gasteiger partial charge on any atom is 0.202 e. The molecule has 0 radical (unpaired) electrons. The Bertz CT molecular complexity index is 1410. The first-order valence-corrected chi connectivity index (χ1v) is 12.7. The fourth-order valence-corrected chi connectivity index (χ4v) is 6.00. The number of ether oxygens (including phenoxy) is 4. The number of carbonyl (C=O) groups is 3. The van der Waals surface area contributed by atoms with Crippen LogP contribution >= 0.6 is 0 Å². The van der Waals surface area contributed by atoms with E-state index in [4.69, 9.17) is 24.7 Å². The molecule has 0 saturated carbocycles. The van der Waals surface area contributed by atoms with E-state index in [0.717, 1.165) is 6.92 Å². The highest BCUT2D eigenvalue weighted by molar-refractivity contribution is 6.31. The molecule has 0 bridgehead atoms. The lowest BCUT2D eigenvalue weighted by Gasteiger charge is -2.46. The predicted octanol–water partition coefficient (Wildman–Crippen LogP) is 0.654. The summed E-state index contributed by atoms with van der Waals surface area (Å²) < 4.78 is 22.7. The van der Waals surface area contributed by atoms with Gasteiger partial charge in [-0.25, -0.2) is 0 Å². The van der Waals surface area contributed by atoms with Gasteiger partial charge in [0, 0.05) is 42.7 Å². The molecule has 1 aliphatic heterocycles. The summed E-state index contributed by atoms with van der Waals surface area (Å²) in [6.45, 7) is 2.72. The van der Waals surface area contributed by atoms with Gasteiger partial charge in [-0.15, -0.1) is 0 Å². The summed E-state index contributed by atoms with van der Waals surface area (Å²) in [7, 11) is 2.56. The molecule has 5 rings (SSSR count). The molecule has 2 aromatic rings. The van der Waals surface area contributed by atoms with Crippen LogP contribution in [0.15, 0.2) is 18.2 Å². The zero-order valence-electron chi connectivity index (χ0n) is 22.3. The highest BCUT2D eigenvalue weighted by Gasteiger charge is 2.55. The number of carbonyl (C=O) groups excluding carboxylic acids is 3. The SMILES string of the molecule is COc1cccc2c1C(=O)c1c(O)c3c(c(O)c1C2=O)CC(O)(C(C)=O)C(OC)C3OC1CC(N)C(O)C(C)O1. The molecule has 0 aromatic heterocycles. The number of hydrogen-bond donors (Lipinski definition) is 5. The molecule has 214 valence electrons. The second-order valence-corrected chi connectivity index (χ2v) is 10.4. The highest BCUT2D eigenvalue weighted by atomic mass is 16.7. The summed E-state index contributed by atoms with van der Waals surface area (Å²) in [6.07, 6.45) is -6.25. The van der Waals surface area contributed by atoms with Crippen LogP contribution < -0.4 is 10.5 Å². The van der Waals surface area contributed by atoms with E-state index < -0.39 is 88.7 Å². The van der Waals surface area contributed by atoms with Crippen molar-refractivity contribution in [1.29, 1.82) is 0 Å². The first-order valence-electron chi connectivity index (χ1n) is 12.7. The van der Waals surface area contributed by atoms with Gasteiger partial charge >= 0.3 is 0 Å². The average Bonchev–Trinajstić information content (AvgIpc) is 2.91. The first kappa shape index (κ1) is 28.1. The molecular formula is C28H31NO11. The van der Waals surface area contributed by atoms with Gasteiger partial charge in [-0.3, -0.25) is 14.4 Å². The molecule has 2 aliphatic carbocycles. The largest absolute Gasteiger partial charge is 0.507 e. The number of rotatable bonds is 5. The number of methoxy groups -OCH3 is 2. The average molecular weight is 558 g/mol. The van der Waals surface area contributed by atoms with Crippen LogP contribution in [0.25, 0.3) is 0 Å². The standard InChI is InChI=1S/C28H31NO11/c1-10-21(31)14(29)8-16(39-10)40-26-18-13(9-28(36,11(2)30)27(26)38-4)23(33)19-20(25(18)35)24(34)17-12(22(19)32)6-5-7-15(17)37-3/h5-7,10,14,16,21,26-27,31,33,35-36H,8-9,29H2,1-4H3. The molecule has 12 nitrogen and oxygen atoms in total. The van der Waals surface area contributed by atoms with E-state index in [2.05, 4.69) is 0 Å². The van der Waals surface area contributed by atoms with Crippen LogP contribution in [-0.2, 0) is 25.4 Å². The molecule has 3 aliphatic rings. The Balaban J connectivity index is 1.74. The van der Waals surface area contributed by atoms with Crippen molar-refractivity contribution in [2.45, 2.75) is 69.0 Å². The lowest BCUT2D eigenvalue weighted by molar-refractivity contribution is -0.268. The van der Waals surface area contributed by atoms with Crippen molar-refractivity contribution in [2.75, 3.05) is 14.2 Å². The van der Waals surface area contributed by atoms with Crippen LogP contribution in [0.4, 0.5) is 0 Å². The molecule has 12 heteroatoms. The summed E-state index contributed by atoms with van der Waals surface area (Å²) in [4.78, 5) is 40.1. The van der Waals surface area contributed by atoms with Crippen molar-refractivity contribution in [2.24, 2.45) is 5.73 Å². The maximum atomic E-state index is 13.7. The number of hydrogen-bond acceptors (Lipinski definition) is 12. The molecular weight excluding hydrogens is 526 g/mol. The van der Waals surface area contributed by atoms with Gasteiger partial charge in [0.25, 0.3) is 0 Å². The molecule has 7 atom stereocenters. The molecule has 1 heterocycles. The molecule has 40 heavy (non-hydrogen) atoms. The molecule has 2 aromatic carbocycles. The summed E-state index contributed by atoms with van der Waals surface area (Å²) in [5, 5.41) is 44.8. The first-order chi connectivity index (χ1) is 18.9. The van der Waals surface area contributed by atoms with Crippen molar-refractivity contribution in [3.63, 3.8) is 0 Å². The number of benzene rings is 2. The number of ketones is 3. The Morgan fingerprint density at radius 2 is 1.77 bits per heavy atom. The number of aliphatic hydroxyl groups excluding tert-OH is 1. The van der Waals surface area contributed by atoms with Crippen LogP contribution in [0.5, 0.6) is 17.2 Å². The van der Waals surface area contributed by atoms with Gasteiger partial charge in [0.1, 0.15) is 29.5 Å². The van der Waals surface area contributed by atoms with E-state index in [1.165, 1.54) is 32.4 Å². The van der Waals surface area contributed by atoms with Gasteiger partial charge in [0.2, 0.25) is 5.78 Å². The van der Waals surface area contributed by atoms with E-state index in [1.54, 1.807) is 6.92 Å². The van der Waals surface area contributed by atoms with Crippen LogP contribution in [0, 0.1) is 0 Å². The minimum Gasteiger partial charge on any atom is -0.507 e. The van der Waals surface area contributed by atoms with E-state index in [-0.39, 0.29) is 34.4 Å². The second-order valence-electron chi connectivity index (χ2n) is 10.4. The topological polar surface area (TPSA) is 195 Å².